The van der Waals surface area contributed by atoms with E-state index in [1.54, 1.807) is 12.4 Å². The Morgan fingerprint density at radius 2 is 2.04 bits per heavy atom. The first-order chi connectivity index (χ1) is 12.1. The van der Waals surface area contributed by atoms with Crippen molar-refractivity contribution < 1.29 is 0 Å². The number of hydrogen-bond acceptors (Lipinski definition) is 5. The van der Waals surface area contributed by atoms with Crippen LogP contribution in [-0.2, 0) is 6.54 Å². The van der Waals surface area contributed by atoms with Crippen molar-refractivity contribution in [3.63, 3.8) is 0 Å². The van der Waals surface area contributed by atoms with Crippen molar-refractivity contribution in [3.05, 3.63) is 47.5 Å². The van der Waals surface area contributed by atoms with E-state index in [2.05, 4.69) is 35.9 Å². The third-order valence-electron chi connectivity index (χ3n) is 3.50. The molecule has 0 atom stereocenters. The van der Waals surface area contributed by atoms with Crippen LogP contribution < -0.4 is 16.0 Å². The van der Waals surface area contributed by atoms with Crippen molar-refractivity contribution in [3.8, 4) is 0 Å². The summed E-state index contributed by atoms with van der Waals surface area (Å²) in [6, 6.07) is 6.25. The summed E-state index contributed by atoms with van der Waals surface area (Å²) in [5.41, 5.74) is 2.78. The van der Waals surface area contributed by atoms with Gasteiger partial charge in [-0.1, -0.05) is 6.07 Å². The number of thiocarbonyl (C=S) groups is 1. The van der Waals surface area contributed by atoms with E-state index in [1.807, 2.05) is 32.0 Å². The predicted octanol–water partition coefficient (Wildman–Crippen LogP) is 2.08. The monoisotopic (exact) mass is 355 g/mol. The highest BCUT2D eigenvalue weighted by Crippen LogP contribution is 2.18. The molecular weight excluding hydrogens is 334 g/mol. The van der Waals surface area contributed by atoms with Crippen molar-refractivity contribution in [2.75, 3.05) is 5.32 Å². The number of nitrogens with zero attached hydrogens (tertiary/aromatic N) is 4. The fourth-order valence-corrected chi connectivity index (χ4v) is 2.48. The van der Waals surface area contributed by atoms with Crippen molar-refractivity contribution in [1.82, 2.24) is 25.6 Å². The van der Waals surface area contributed by atoms with Crippen LogP contribution in [0.15, 0.2) is 35.6 Å². The molecule has 0 bridgehead atoms. The quantitative estimate of drug-likeness (QED) is 0.440. The minimum atomic E-state index is 0.469. The molecule has 1 aliphatic rings. The van der Waals surface area contributed by atoms with Gasteiger partial charge < -0.3 is 10.6 Å². The van der Waals surface area contributed by atoms with Gasteiger partial charge in [-0.15, -0.1) is 0 Å². The Morgan fingerprint density at radius 3 is 2.68 bits per heavy atom. The van der Waals surface area contributed by atoms with Gasteiger partial charge in [0.05, 0.1) is 6.54 Å². The highest BCUT2D eigenvalue weighted by atomic mass is 32.1. The summed E-state index contributed by atoms with van der Waals surface area (Å²) in [4.78, 5) is 17.4. The van der Waals surface area contributed by atoms with Gasteiger partial charge in [0.25, 0.3) is 0 Å². The number of nitrogens with one attached hydrogen (secondary N) is 3. The molecule has 1 aliphatic carbocycles. The van der Waals surface area contributed by atoms with E-state index in [0.717, 1.165) is 29.8 Å². The molecule has 1 saturated carbocycles. The number of aromatic nitrogens is 3. The van der Waals surface area contributed by atoms with Crippen LogP contribution in [0.2, 0.25) is 0 Å². The van der Waals surface area contributed by atoms with Gasteiger partial charge in [0.2, 0.25) is 11.9 Å². The molecule has 8 heteroatoms. The lowest BCUT2D eigenvalue weighted by molar-refractivity contribution is 0.896. The Kier molecular flexibility index (Phi) is 5.49. The van der Waals surface area contributed by atoms with Crippen LogP contribution in [0.4, 0.5) is 5.95 Å². The maximum absolute atomic E-state index is 5.35. The fourth-order valence-electron chi connectivity index (χ4n) is 2.22. The normalized spacial score (nSPS) is 14.1. The number of hydrogen-bond donors (Lipinski definition) is 3. The molecule has 2 aromatic heterocycles. The highest BCUT2D eigenvalue weighted by Gasteiger charge is 2.22. The van der Waals surface area contributed by atoms with Crippen molar-refractivity contribution in [2.24, 2.45) is 4.99 Å². The summed E-state index contributed by atoms with van der Waals surface area (Å²) in [5, 5.41) is 10.0. The van der Waals surface area contributed by atoms with Crippen LogP contribution in [0.25, 0.3) is 0 Å². The first-order valence-electron chi connectivity index (χ1n) is 8.18. The van der Waals surface area contributed by atoms with Gasteiger partial charge in [0.15, 0.2) is 5.11 Å². The summed E-state index contributed by atoms with van der Waals surface area (Å²) in [6.45, 7) is 4.33. The van der Waals surface area contributed by atoms with Crippen molar-refractivity contribution in [2.45, 2.75) is 39.3 Å². The van der Waals surface area contributed by atoms with Crippen LogP contribution in [0.1, 0.15) is 29.8 Å². The SMILES string of the molecule is Cc1cc(C)nc(NC(=NCc2cccnc2)NC(=S)NC2CC2)n1. The Morgan fingerprint density at radius 1 is 1.28 bits per heavy atom. The zero-order valence-electron chi connectivity index (χ0n) is 14.3. The molecule has 0 unspecified atom stereocenters. The van der Waals surface area contributed by atoms with E-state index in [0.29, 0.717) is 29.6 Å². The van der Waals surface area contributed by atoms with E-state index in [9.17, 15) is 0 Å². The van der Waals surface area contributed by atoms with Gasteiger partial charge in [0.1, 0.15) is 0 Å². The van der Waals surface area contributed by atoms with Gasteiger partial charge in [0, 0.05) is 29.8 Å². The van der Waals surface area contributed by atoms with Crippen LogP contribution in [-0.4, -0.2) is 32.1 Å². The number of guanidine groups is 1. The summed E-state index contributed by atoms with van der Waals surface area (Å²) >= 11 is 5.35. The number of anilines is 1. The number of pyridine rings is 1. The number of aliphatic imine (C=N–C) groups is 1. The number of aryl methyl sites for hydroxylation is 2. The van der Waals surface area contributed by atoms with E-state index < -0.39 is 0 Å². The molecule has 2 aromatic rings. The van der Waals surface area contributed by atoms with Crippen molar-refractivity contribution >= 4 is 29.2 Å². The van der Waals surface area contributed by atoms with Crippen LogP contribution in [0, 0.1) is 13.8 Å². The van der Waals surface area contributed by atoms with Gasteiger partial charge in [-0.25, -0.2) is 15.0 Å². The van der Waals surface area contributed by atoms with Gasteiger partial charge in [-0.2, -0.15) is 0 Å². The molecular formula is C17H21N7S. The Hall–Kier alpha value is -2.61. The molecule has 0 spiro atoms. The molecule has 3 rings (SSSR count). The van der Waals surface area contributed by atoms with Gasteiger partial charge >= 0.3 is 0 Å². The van der Waals surface area contributed by atoms with E-state index in [-0.39, 0.29) is 0 Å². The first-order valence-corrected chi connectivity index (χ1v) is 8.59. The summed E-state index contributed by atoms with van der Waals surface area (Å²) < 4.78 is 0. The van der Waals surface area contributed by atoms with Crippen LogP contribution >= 0.6 is 12.2 Å². The van der Waals surface area contributed by atoms with Gasteiger partial charge in [-0.05, 0) is 56.6 Å². The average Bonchev–Trinajstić information content (AvgIpc) is 3.36. The minimum Gasteiger partial charge on any atom is -0.360 e. The summed E-state index contributed by atoms with van der Waals surface area (Å²) in [6.07, 6.45) is 5.83. The minimum absolute atomic E-state index is 0.469. The van der Waals surface area contributed by atoms with E-state index >= 15 is 0 Å². The van der Waals surface area contributed by atoms with Crippen LogP contribution in [0.3, 0.4) is 0 Å². The van der Waals surface area contributed by atoms with Crippen molar-refractivity contribution in [1.29, 1.82) is 0 Å². The fraction of sp³-hybridized carbons (Fsp3) is 0.353. The topological polar surface area (TPSA) is 87.1 Å². The molecule has 2 heterocycles. The molecule has 0 aromatic carbocycles. The standard InChI is InChI=1S/C17H21N7S/c1-11-8-12(2)21-16(20-11)23-15(24-17(25)22-14-5-6-14)19-10-13-4-3-7-18-9-13/h3-4,7-9,14H,5-6,10H2,1-2H3,(H3,19,20,21,22,23,24,25). The molecule has 0 amide bonds. The van der Waals surface area contributed by atoms with Gasteiger partial charge in [-0.3, -0.25) is 10.3 Å². The number of rotatable bonds is 4. The molecule has 1 fully saturated rings. The lowest BCUT2D eigenvalue weighted by Gasteiger charge is -2.14. The second kappa shape index (κ2) is 7.98. The zero-order chi connectivity index (χ0) is 17.6. The molecule has 25 heavy (non-hydrogen) atoms. The van der Waals surface area contributed by atoms with E-state index in [1.165, 1.54) is 0 Å². The maximum Gasteiger partial charge on any atom is 0.229 e. The third kappa shape index (κ3) is 5.75. The lowest BCUT2D eigenvalue weighted by Crippen LogP contribution is -2.43. The Labute approximate surface area is 152 Å². The van der Waals surface area contributed by atoms with Crippen LogP contribution in [0.5, 0.6) is 0 Å². The Bertz CT molecular complexity index is 752. The second-order valence-electron chi connectivity index (χ2n) is 6.00. The summed E-state index contributed by atoms with van der Waals surface area (Å²) in [7, 11) is 0. The molecule has 7 nitrogen and oxygen atoms in total. The molecule has 130 valence electrons. The smallest absolute Gasteiger partial charge is 0.229 e. The molecule has 0 aliphatic heterocycles. The predicted molar refractivity (Wildman–Crippen MR) is 102 cm³/mol. The largest absolute Gasteiger partial charge is 0.360 e. The molecule has 0 saturated heterocycles. The Balaban J connectivity index is 1.73. The molecule has 3 N–H and O–H groups in total. The third-order valence-corrected chi connectivity index (χ3v) is 3.72. The zero-order valence-corrected chi connectivity index (χ0v) is 15.1. The lowest BCUT2D eigenvalue weighted by atomic mass is 10.3. The average molecular weight is 355 g/mol. The second-order valence-corrected chi connectivity index (χ2v) is 6.41. The first kappa shape index (κ1) is 17.2. The maximum atomic E-state index is 5.35. The summed E-state index contributed by atoms with van der Waals surface area (Å²) in [5.74, 6) is 0.996. The molecule has 0 radical (unpaired) electrons. The van der Waals surface area contributed by atoms with E-state index in [4.69, 9.17) is 12.2 Å². The highest BCUT2D eigenvalue weighted by molar-refractivity contribution is 7.80.